The molecule has 0 saturated heterocycles. The van der Waals surface area contributed by atoms with E-state index in [0.717, 1.165) is 12.0 Å². The first-order chi connectivity index (χ1) is 20.1. The second kappa shape index (κ2) is 17.3. The third-order valence-corrected chi connectivity index (χ3v) is 5.53. The molecule has 0 spiro atoms. The van der Waals surface area contributed by atoms with Crippen LogP contribution in [0.3, 0.4) is 0 Å². The highest BCUT2D eigenvalue weighted by Gasteiger charge is 2.25. The molecule has 1 atom stereocenters. The Morgan fingerprint density at radius 2 is 1.65 bits per heavy atom. The Balaban J connectivity index is 0.00000119. The lowest BCUT2D eigenvalue weighted by Gasteiger charge is -2.20. The number of carbonyl (C=O) groups is 3. The molecule has 0 aliphatic heterocycles. The fourth-order valence-corrected chi connectivity index (χ4v) is 4.06. The predicted octanol–water partition coefficient (Wildman–Crippen LogP) is 5.54. The van der Waals surface area contributed by atoms with Gasteiger partial charge in [0, 0.05) is 18.7 Å². The highest BCUT2D eigenvalue weighted by Crippen LogP contribution is 2.34. The number of pyridine rings is 1. The van der Waals surface area contributed by atoms with Gasteiger partial charge in [-0.3, -0.25) is 14.4 Å². The number of aliphatic carboxylic acids is 1. The van der Waals surface area contributed by atoms with E-state index in [1.807, 2.05) is 0 Å². The number of aryl methyl sites for hydroxylation is 2. The van der Waals surface area contributed by atoms with Crippen LogP contribution < -0.4 is 16.8 Å². The van der Waals surface area contributed by atoms with E-state index in [4.69, 9.17) is 10.5 Å². The number of amidine groups is 1. The number of benzene rings is 2. The number of aromatic nitrogens is 1. The van der Waals surface area contributed by atoms with Gasteiger partial charge in [-0.2, -0.15) is 0 Å². The van der Waals surface area contributed by atoms with Crippen molar-refractivity contribution in [3.05, 3.63) is 82.3 Å². The van der Waals surface area contributed by atoms with Crippen LogP contribution in [0.2, 0.25) is 0 Å². The SMILES string of the molecule is C/C(N)=N/c1ncccc1C(=O)NCC(CC(=O)O)c1cc(-c2c(C)cc(F)cc2C)cc(F)c1F.CC(C)C.NC=O. The van der Waals surface area contributed by atoms with E-state index in [0.29, 0.717) is 16.7 Å². The highest BCUT2D eigenvalue weighted by molar-refractivity contribution is 5.99. The van der Waals surface area contributed by atoms with E-state index < -0.39 is 41.7 Å². The Labute approximate surface area is 249 Å². The zero-order chi connectivity index (χ0) is 32.9. The van der Waals surface area contributed by atoms with Crippen LogP contribution in [-0.4, -0.2) is 40.8 Å². The Morgan fingerprint density at radius 1 is 1.09 bits per heavy atom. The number of rotatable bonds is 8. The summed E-state index contributed by atoms with van der Waals surface area (Å²) in [5, 5.41) is 12.0. The lowest BCUT2D eigenvalue weighted by molar-refractivity contribution is -0.137. The largest absolute Gasteiger partial charge is 0.481 e. The van der Waals surface area contributed by atoms with Crippen LogP contribution >= 0.6 is 0 Å². The number of nitrogens with zero attached hydrogens (tertiary/aromatic N) is 2. The van der Waals surface area contributed by atoms with Gasteiger partial charge in [0.25, 0.3) is 5.91 Å². The Bertz CT molecular complexity index is 1430. The number of hydrogen-bond donors (Lipinski definition) is 4. The summed E-state index contributed by atoms with van der Waals surface area (Å²) in [6.45, 7) is 11.0. The number of carbonyl (C=O) groups excluding carboxylic acids is 2. The third-order valence-electron chi connectivity index (χ3n) is 5.53. The summed E-state index contributed by atoms with van der Waals surface area (Å²) in [4.78, 5) is 41.0. The quantitative estimate of drug-likeness (QED) is 0.151. The molecule has 232 valence electrons. The third kappa shape index (κ3) is 11.6. The summed E-state index contributed by atoms with van der Waals surface area (Å²) in [6, 6.07) is 7.84. The Morgan fingerprint density at radius 3 is 2.16 bits per heavy atom. The van der Waals surface area contributed by atoms with Crippen molar-refractivity contribution in [3.63, 3.8) is 0 Å². The lowest BCUT2D eigenvalue weighted by atomic mass is 9.89. The summed E-state index contributed by atoms with van der Waals surface area (Å²) < 4.78 is 43.4. The average Bonchev–Trinajstić information content (AvgIpc) is 2.87. The van der Waals surface area contributed by atoms with Crippen molar-refractivity contribution in [1.29, 1.82) is 0 Å². The minimum atomic E-state index is -1.26. The minimum absolute atomic E-state index is 0.0614. The zero-order valence-corrected chi connectivity index (χ0v) is 25.0. The van der Waals surface area contributed by atoms with Gasteiger partial charge in [0.2, 0.25) is 6.41 Å². The number of primary amides is 1. The van der Waals surface area contributed by atoms with Gasteiger partial charge in [0.05, 0.1) is 17.8 Å². The molecule has 1 unspecified atom stereocenters. The second-order valence-electron chi connectivity index (χ2n) is 10.3. The molecular formula is C31H38F3N5O4. The topological polar surface area (TPSA) is 161 Å². The summed E-state index contributed by atoms with van der Waals surface area (Å²) in [7, 11) is 0. The van der Waals surface area contributed by atoms with E-state index in [1.165, 1.54) is 43.5 Å². The standard InChI is InChI=1S/C26H25F3N4O3.C4H10.CH3NO/c1-13-7-18(27)8-14(2)23(13)16-9-20(24(29)21(28)10-16)17(11-22(34)35)12-32-26(36)19-5-4-6-31-25(19)33-15(3)30;1-4(2)3;2-1-3/h4-10,17H,11-12H2,1-3H3,(H,32,36)(H,34,35)(H2,30,31,33);4H,1-3H3;1H,(H2,2,3). The number of carboxylic acids is 1. The molecule has 6 N–H and O–H groups in total. The summed E-state index contributed by atoms with van der Waals surface area (Å²) in [5.41, 5.74) is 11.4. The highest BCUT2D eigenvalue weighted by atomic mass is 19.2. The van der Waals surface area contributed by atoms with Crippen LogP contribution in [0.15, 0.2) is 47.6 Å². The molecule has 3 rings (SSSR count). The maximum Gasteiger partial charge on any atom is 0.304 e. The summed E-state index contributed by atoms with van der Waals surface area (Å²) in [5.74, 6) is -4.82. The first-order valence-electron chi connectivity index (χ1n) is 13.3. The maximum absolute atomic E-state index is 14.9. The molecule has 0 saturated carbocycles. The van der Waals surface area contributed by atoms with E-state index >= 15 is 0 Å². The fraction of sp³-hybridized carbons (Fsp3) is 0.323. The number of hydrogen-bond acceptors (Lipinski definition) is 5. The van der Waals surface area contributed by atoms with Gasteiger partial charge in [0.15, 0.2) is 17.5 Å². The normalized spacial score (nSPS) is 11.4. The molecule has 2 amide bonds. The van der Waals surface area contributed by atoms with Crippen molar-refractivity contribution in [1.82, 2.24) is 10.3 Å². The summed E-state index contributed by atoms with van der Waals surface area (Å²) in [6.07, 6.45) is 1.09. The number of nitrogens with two attached hydrogens (primary N) is 2. The average molecular weight is 602 g/mol. The zero-order valence-electron chi connectivity index (χ0n) is 25.0. The van der Waals surface area contributed by atoms with Crippen molar-refractivity contribution in [2.45, 2.75) is 53.9 Å². The van der Waals surface area contributed by atoms with Crippen LogP contribution in [0, 0.1) is 37.2 Å². The van der Waals surface area contributed by atoms with Crippen LogP contribution in [-0.2, 0) is 9.59 Å². The predicted molar refractivity (Wildman–Crippen MR) is 161 cm³/mol. The molecule has 0 bridgehead atoms. The molecular weight excluding hydrogens is 563 g/mol. The first-order valence-corrected chi connectivity index (χ1v) is 13.3. The second-order valence-corrected chi connectivity index (χ2v) is 10.3. The molecule has 1 aromatic heterocycles. The molecule has 1 heterocycles. The molecule has 0 aliphatic carbocycles. The number of amides is 2. The van der Waals surface area contributed by atoms with Gasteiger partial charge in [-0.1, -0.05) is 20.8 Å². The van der Waals surface area contributed by atoms with E-state index in [-0.39, 0.29) is 41.3 Å². The van der Waals surface area contributed by atoms with Crippen LogP contribution in [0.4, 0.5) is 19.0 Å². The number of nitrogens with one attached hydrogen (secondary N) is 1. The molecule has 0 fully saturated rings. The number of carboxylic acid groups (broad SMARTS) is 1. The van der Waals surface area contributed by atoms with E-state index in [1.54, 1.807) is 13.8 Å². The van der Waals surface area contributed by atoms with Crippen molar-refractivity contribution < 1.29 is 32.7 Å². The minimum Gasteiger partial charge on any atom is -0.481 e. The van der Waals surface area contributed by atoms with E-state index in [2.05, 4.69) is 41.8 Å². The maximum atomic E-state index is 14.9. The van der Waals surface area contributed by atoms with Crippen LogP contribution in [0.1, 0.15) is 67.1 Å². The molecule has 0 radical (unpaired) electrons. The molecule has 43 heavy (non-hydrogen) atoms. The Hall–Kier alpha value is -4.74. The molecule has 0 aliphatic rings. The van der Waals surface area contributed by atoms with Crippen LogP contribution in [0.5, 0.6) is 0 Å². The number of aliphatic imine (C=N–C) groups is 1. The van der Waals surface area contributed by atoms with Gasteiger partial charge in [-0.05, 0) is 90.9 Å². The van der Waals surface area contributed by atoms with Gasteiger partial charge in [-0.25, -0.2) is 23.1 Å². The van der Waals surface area contributed by atoms with Crippen molar-refractivity contribution in [2.24, 2.45) is 22.4 Å². The molecule has 3 aromatic rings. The van der Waals surface area contributed by atoms with Gasteiger partial charge < -0.3 is 21.9 Å². The van der Waals surface area contributed by atoms with Gasteiger partial charge in [-0.15, -0.1) is 0 Å². The van der Waals surface area contributed by atoms with Gasteiger partial charge >= 0.3 is 5.97 Å². The molecule has 12 heteroatoms. The number of halogens is 3. The molecule has 9 nitrogen and oxygen atoms in total. The monoisotopic (exact) mass is 601 g/mol. The Kier molecular flexibility index (Phi) is 14.6. The van der Waals surface area contributed by atoms with Crippen molar-refractivity contribution >= 4 is 29.9 Å². The fourth-order valence-electron chi connectivity index (χ4n) is 4.06. The lowest BCUT2D eigenvalue weighted by Crippen LogP contribution is -2.30. The summed E-state index contributed by atoms with van der Waals surface area (Å²) >= 11 is 0. The molecule has 2 aromatic carbocycles. The van der Waals surface area contributed by atoms with Crippen molar-refractivity contribution in [2.75, 3.05) is 6.54 Å². The van der Waals surface area contributed by atoms with E-state index in [9.17, 15) is 27.9 Å². The van der Waals surface area contributed by atoms with Crippen molar-refractivity contribution in [3.8, 4) is 11.1 Å². The first kappa shape index (κ1) is 36.3. The smallest absolute Gasteiger partial charge is 0.304 e. The van der Waals surface area contributed by atoms with Gasteiger partial charge in [0.1, 0.15) is 5.82 Å². The van der Waals surface area contributed by atoms with Crippen LogP contribution in [0.25, 0.3) is 11.1 Å².